The van der Waals surface area contributed by atoms with Gasteiger partial charge in [-0.05, 0) is 51.4 Å². The zero-order chi connectivity index (χ0) is 80.3. The van der Waals surface area contributed by atoms with Crippen molar-refractivity contribution in [3.05, 3.63) is 36.5 Å². The molecule has 3 aliphatic rings. The van der Waals surface area contributed by atoms with E-state index in [0.717, 1.165) is 57.8 Å². The summed E-state index contributed by atoms with van der Waals surface area (Å²) in [6, 6.07) is -0.888. The smallest absolute Gasteiger partial charge is 0.220 e. The van der Waals surface area contributed by atoms with Gasteiger partial charge < -0.3 is 89.9 Å². The standard InChI is InChI=1S/C92H173NO18/c1-3-5-7-9-11-13-15-17-19-21-23-25-27-29-31-33-35-36-37-38-40-42-44-46-48-50-52-54-56-58-60-62-64-66-68-70-80(98)93-75(76(97)69-67-65-63-61-59-57-55-53-51-49-47-45-43-41-39-34-32-30-28-26-24-22-20-18-16-14-12-10-8-6-4-2)74-106-90-86(104)83(101)88(78(72-95)108-90)111-92-87(105)84(102)89(79(73-96)109-92)110-91-85(103)82(100)81(99)77(71-94)107-91/h15,17,21,23,27,29,75-79,81-92,94-97,99-105H,3-14,16,18-20,22,24-26,28,30-74H2,1-2H3,(H,93,98)/b17-15-,23-21-,29-27-. The first-order valence-corrected chi connectivity index (χ1v) is 46.7. The Kier molecular flexibility index (Phi) is 67.0. The number of aliphatic hydroxyl groups excluding tert-OH is 11. The normalized spacial score (nSPS) is 25.1. The number of unbranched alkanes of at least 4 members (excludes halogenated alkanes) is 55. The summed E-state index contributed by atoms with van der Waals surface area (Å²) in [5.74, 6) is -0.234. The second-order valence-corrected chi connectivity index (χ2v) is 33.5. The molecule has 3 saturated heterocycles. The molecular formula is C92H173NO18. The molecule has 19 nitrogen and oxygen atoms in total. The molecule has 0 radical (unpaired) electrons. The number of nitrogens with one attached hydrogen (secondary N) is 1. The first-order valence-electron chi connectivity index (χ1n) is 46.7. The van der Waals surface area contributed by atoms with Crippen molar-refractivity contribution < 1.29 is 89.4 Å². The van der Waals surface area contributed by atoms with Crippen molar-refractivity contribution in [1.82, 2.24) is 5.32 Å². The molecule has 3 heterocycles. The van der Waals surface area contributed by atoms with Crippen LogP contribution >= 0.6 is 0 Å². The maximum atomic E-state index is 13.6. The predicted octanol–water partition coefficient (Wildman–Crippen LogP) is 18.2. The zero-order valence-electron chi connectivity index (χ0n) is 70.7. The Labute approximate surface area is 676 Å². The van der Waals surface area contributed by atoms with E-state index in [1.807, 2.05) is 0 Å². The number of amides is 1. The Hall–Kier alpha value is -1.99. The molecule has 654 valence electrons. The number of carbonyl (C=O) groups excluding carboxylic acids is 1. The van der Waals surface area contributed by atoms with Crippen molar-refractivity contribution >= 4 is 5.91 Å². The lowest BCUT2D eigenvalue weighted by Gasteiger charge is -2.48. The Balaban J connectivity index is 1.31. The van der Waals surface area contributed by atoms with E-state index in [4.69, 9.17) is 28.4 Å². The Morgan fingerprint density at radius 2 is 0.595 bits per heavy atom. The number of rotatable bonds is 77. The number of aliphatic hydroxyl groups is 11. The third-order valence-electron chi connectivity index (χ3n) is 23.5. The Bertz CT molecular complexity index is 2140. The molecule has 17 unspecified atom stereocenters. The van der Waals surface area contributed by atoms with Crippen LogP contribution in [0.25, 0.3) is 0 Å². The second kappa shape index (κ2) is 72.1. The van der Waals surface area contributed by atoms with E-state index in [1.54, 1.807) is 0 Å². The summed E-state index contributed by atoms with van der Waals surface area (Å²) in [5, 5.41) is 121. The Morgan fingerprint density at radius 3 is 0.928 bits per heavy atom. The number of hydrogen-bond donors (Lipinski definition) is 12. The van der Waals surface area contributed by atoms with Crippen molar-refractivity contribution in [1.29, 1.82) is 0 Å². The van der Waals surface area contributed by atoms with E-state index < -0.39 is 124 Å². The average molecular weight is 1580 g/mol. The van der Waals surface area contributed by atoms with Gasteiger partial charge in [-0.15, -0.1) is 0 Å². The molecule has 0 aromatic rings. The highest BCUT2D eigenvalue weighted by Crippen LogP contribution is 2.34. The molecule has 17 atom stereocenters. The zero-order valence-corrected chi connectivity index (χ0v) is 70.7. The van der Waals surface area contributed by atoms with Gasteiger partial charge in [0.2, 0.25) is 5.91 Å². The topological polar surface area (TPSA) is 307 Å². The first kappa shape index (κ1) is 103. The summed E-state index contributed by atoms with van der Waals surface area (Å²) in [7, 11) is 0. The van der Waals surface area contributed by atoms with E-state index in [-0.39, 0.29) is 18.9 Å². The minimum atomic E-state index is -1.97. The molecule has 12 N–H and O–H groups in total. The maximum absolute atomic E-state index is 13.6. The molecule has 0 aromatic carbocycles. The number of carbonyl (C=O) groups is 1. The van der Waals surface area contributed by atoms with Crippen molar-refractivity contribution in [2.45, 2.75) is 516 Å². The van der Waals surface area contributed by atoms with Crippen molar-refractivity contribution in [2.24, 2.45) is 0 Å². The van der Waals surface area contributed by atoms with Crippen LogP contribution in [0.1, 0.15) is 412 Å². The monoisotopic (exact) mass is 1580 g/mol. The van der Waals surface area contributed by atoms with E-state index >= 15 is 0 Å². The quantitative estimate of drug-likeness (QED) is 0.0199. The van der Waals surface area contributed by atoms with Gasteiger partial charge in [0.1, 0.15) is 73.2 Å². The van der Waals surface area contributed by atoms with Gasteiger partial charge in [0.05, 0.1) is 38.6 Å². The van der Waals surface area contributed by atoms with Crippen molar-refractivity contribution in [2.75, 3.05) is 26.4 Å². The molecule has 3 rings (SSSR count). The highest BCUT2D eigenvalue weighted by atomic mass is 16.8. The van der Waals surface area contributed by atoms with Crippen LogP contribution in [0, 0.1) is 0 Å². The van der Waals surface area contributed by atoms with E-state index in [9.17, 15) is 61.0 Å². The minimum absolute atomic E-state index is 0.234. The van der Waals surface area contributed by atoms with Gasteiger partial charge in [0, 0.05) is 6.42 Å². The largest absolute Gasteiger partial charge is 0.394 e. The van der Waals surface area contributed by atoms with E-state index in [2.05, 4.69) is 55.6 Å². The molecular weight excluding hydrogens is 1410 g/mol. The molecule has 0 aliphatic carbocycles. The van der Waals surface area contributed by atoms with Crippen LogP contribution in [0.3, 0.4) is 0 Å². The summed E-state index contributed by atoms with van der Waals surface area (Å²) >= 11 is 0. The van der Waals surface area contributed by atoms with Crippen LogP contribution in [-0.4, -0.2) is 193 Å². The molecule has 19 heteroatoms. The summed E-state index contributed by atoms with van der Waals surface area (Å²) in [6.45, 7) is 1.86. The molecule has 3 aliphatic heterocycles. The van der Waals surface area contributed by atoms with Crippen molar-refractivity contribution in [3.63, 3.8) is 0 Å². The summed E-state index contributed by atoms with van der Waals surface area (Å²) in [4.78, 5) is 13.6. The summed E-state index contributed by atoms with van der Waals surface area (Å²) in [5.41, 5.74) is 0. The lowest BCUT2D eigenvalue weighted by Crippen LogP contribution is -2.66. The summed E-state index contributed by atoms with van der Waals surface area (Å²) < 4.78 is 34.6. The molecule has 0 saturated carbocycles. The molecule has 111 heavy (non-hydrogen) atoms. The first-order chi connectivity index (χ1) is 54.3. The maximum Gasteiger partial charge on any atom is 0.220 e. The van der Waals surface area contributed by atoms with Crippen LogP contribution in [0.4, 0.5) is 0 Å². The van der Waals surface area contributed by atoms with Crippen LogP contribution in [0.2, 0.25) is 0 Å². The van der Waals surface area contributed by atoms with Crippen molar-refractivity contribution in [3.8, 4) is 0 Å². The number of ether oxygens (including phenoxy) is 6. The number of allylic oxidation sites excluding steroid dienone is 6. The molecule has 1 amide bonds. The van der Waals surface area contributed by atoms with Gasteiger partial charge in [0.15, 0.2) is 18.9 Å². The van der Waals surface area contributed by atoms with Crippen LogP contribution in [0.15, 0.2) is 36.5 Å². The van der Waals surface area contributed by atoms with E-state index in [0.29, 0.717) is 12.8 Å². The van der Waals surface area contributed by atoms with E-state index in [1.165, 1.54) is 321 Å². The molecule has 0 aromatic heterocycles. The van der Waals surface area contributed by atoms with Gasteiger partial charge in [0.25, 0.3) is 0 Å². The molecule has 0 spiro atoms. The van der Waals surface area contributed by atoms with Gasteiger partial charge >= 0.3 is 0 Å². The van der Waals surface area contributed by atoms with Gasteiger partial charge in [-0.25, -0.2) is 0 Å². The van der Waals surface area contributed by atoms with Gasteiger partial charge in [-0.1, -0.05) is 391 Å². The lowest BCUT2D eigenvalue weighted by atomic mass is 9.96. The third-order valence-corrected chi connectivity index (χ3v) is 23.5. The number of hydrogen-bond acceptors (Lipinski definition) is 18. The highest BCUT2D eigenvalue weighted by molar-refractivity contribution is 5.76. The highest BCUT2D eigenvalue weighted by Gasteiger charge is 2.54. The van der Waals surface area contributed by atoms with Crippen LogP contribution in [-0.2, 0) is 33.2 Å². The van der Waals surface area contributed by atoms with Gasteiger partial charge in [-0.3, -0.25) is 4.79 Å². The predicted molar refractivity (Wildman–Crippen MR) is 448 cm³/mol. The van der Waals surface area contributed by atoms with Crippen LogP contribution < -0.4 is 5.32 Å². The fourth-order valence-corrected chi connectivity index (χ4v) is 16.0. The minimum Gasteiger partial charge on any atom is -0.394 e. The average Bonchev–Trinajstić information content (AvgIpc) is 0.780. The second-order valence-electron chi connectivity index (χ2n) is 33.5. The molecule has 3 fully saturated rings. The lowest BCUT2D eigenvalue weighted by molar-refractivity contribution is -0.379. The van der Waals surface area contributed by atoms with Gasteiger partial charge in [-0.2, -0.15) is 0 Å². The fraction of sp³-hybridized carbons (Fsp3) is 0.924. The van der Waals surface area contributed by atoms with Crippen LogP contribution in [0.5, 0.6) is 0 Å². The molecule has 0 bridgehead atoms. The Morgan fingerprint density at radius 1 is 0.324 bits per heavy atom. The summed E-state index contributed by atoms with van der Waals surface area (Å²) in [6.07, 6.45) is 65.5. The fourth-order valence-electron chi connectivity index (χ4n) is 16.0. The SMILES string of the molecule is CCCCCCC/C=C\C/C=C\C/C=C\CCCCCCCCCCCCCCCCCCCCCCC(=O)NC(COC1OC(CO)C(OC2OC(CO)C(OC3OC(CO)C(O)C(O)C3O)C(O)C2O)C(O)C1O)C(O)CCCCCCCCCCCCCCCCCCCCCCCCCCCCCCCCC. The third kappa shape index (κ3) is 50.5.